The van der Waals surface area contributed by atoms with Gasteiger partial charge in [0.25, 0.3) is 5.91 Å². The lowest BCUT2D eigenvalue weighted by Crippen LogP contribution is -2.37. The molecule has 1 aromatic heterocycles. The Balaban J connectivity index is 1.57. The quantitative estimate of drug-likeness (QED) is 0.597. The van der Waals surface area contributed by atoms with Crippen molar-refractivity contribution >= 4 is 40.1 Å². The number of carbonyl (C=O) groups is 2. The van der Waals surface area contributed by atoms with Crippen LogP contribution in [0.3, 0.4) is 0 Å². The van der Waals surface area contributed by atoms with E-state index in [9.17, 15) is 9.59 Å². The molecule has 0 aliphatic carbocycles. The first-order valence-corrected chi connectivity index (χ1v) is 10.7. The van der Waals surface area contributed by atoms with Crippen LogP contribution in [0.1, 0.15) is 35.5 Å². The predicted molar refractivity (Wildman–Crippen MR) is 121 cm³/mol. The number of pyridine rings is 1. The molecule has 0 saturated heterocycles. The highest BCUT2D eigenvalue weighted by atomic mass is 35.5. The van der Waals surface area contributed by atoms with E-state index in [1.807, 2.05) is 24.3 Å². The number of hydrogen-bond acceptors (Lipinski definition) is 5. The lowest BCUT2D eigenvalue weighted by Gasteiger charge is -2.32. The zero-order valence-corrected chi connectivity index (χ0v) is 18.3. The van der Waals surface area contributed by atoms with Crippen molar-refractivity contribution in [2.45, 2.75) is 32.9 Å². The molecule has 1 aliphatic heterocycles. The standard InChI is InChI=1S/C24H24ClN3O3/c1-15(2)28-12-11-21-19(13-28)23(18-5-3-4-6-20(18)27-21)24(30)31-14-22(29)26-17-9-7-16(25)8-10-17/h3-10,15H,11-14H2,1-2H3,(H,26,29). The van der Waals surface area contributed by atoms with Crippen LogP contribution in [0.2, 0.25) is 5.02 Å². The number of aromatic nitrogens is 1. The fourth-order valence-corrected chi connectivity index (χ4v) is 3.94. The Morgan fingerprint density at radius 3 is 2.65 bits per heavy atom. The zero-order chi connectivity index (χ0) is 22.0. The van der Waals surface area contributed by atoms with Crippen molar-refractivity contribution < 1.29 is 14.3 Å². The van der Waals surface area contributed by atoms with Gasteiger partial charge in [-0.25, -0.2) is 4.79 Å². The first-order chi connectivity index (χ1) is 14.9. The molecule has 31 heavy (non-hydrogen) atoms. The minimum Gasteiger partial charge on any atom is -0.452 e. The first kappa shape index (κ1) is 21.3. The van der Waals surface area contributed by atoms with Crippen LogP contribution in [0.4, 0.5) is 5.69 Å². The highest BCUT2D eigenvalue weighted by molar-refractivity contribution is 6.30. The summed E-state index contributed by atoms with van der Waals surface area (Å²) in [5, 5.41) is 4.03. The molecule has 3 aromatic rings. The number of ether oxygens (including phenoxy) is 1. The fourth-order valence-electron chi connectivity index (χ4n) is 3.82. The van der Waals surface area contributed by atoms with Crippen LogP contribution in [-0.4, -0.2) is 41.0 Å². The highest BCUT2D eigenvalue weighted by Gasteiger charge is 2.27. The molecule has 4 rings (SSSR count). The molecule has 0 atom stereocenters. The number of rotatable bonds is 5. The summed E-state index contributed by atoms with van der Waals surface area (Å²) < 4.78 is 5.43. The molecule has 0 unspecified atom stereocenters. The van der Waals surface area contributed by atoms with E-state index in [-0.39, 0.29) is 6.61 Å². The largest absolute Gasteiger partial charge is 0.452 e. The Kier molecular flexibility index (Phi) is 6.20. The van der Waals surface area contributed by atoms with Crippen molar-refractivity contribution in [1.82, 2.24) is 9.88 Å². The van der Waals surface area contributed by atoms with Gasteiger partial charge in [0.15, 0.2) is 6.61 Å². The average Bonchev–Trinajstić information content (AvgIpc) is 2.77. The average molecular weight is 438 g/mol. The van der Waals surface area contributed by atoms with Gasteiger partial charge in [-0.2, -0.15) is 0 Å². The predicted octanol–water partition coefficient (Wildman–Crippen LogP) is 4.45. The third kappa shape index (κ3) is 4.70. The number of halogens is 1. The van der Waals surface area contributed by atoms with Crippen molar-refractivity contribution in [3.63, 3.8) is 0 Å². The number of fused-ring (bicyclic) bond motifs is 2. The van der Waals surface area contributed by atoms with Crippen LogP contribution in [0.15, 0.2) is 48.5 Å². The minimum absolute atomic E-state index is 0.355. The van der Waals surface area contributed by atoms with Crippen molar-refractivity contribution in [2.24, 2.45) is 0 Å². The molecule has 160 valence electrons. The second kappa shape index (κ2) is 9.04. The van der Waals surface area contributed by atoms with Gasteiger partial charge >= 0.3 is 5.97 Å². The maximum Gasteiger partial charge on any atom is 0.339 e. The van der Waals surface area contributed by atoms with E-state index >= 15 is 0 Å². The highest BCUT2D eigenvalue weighted by Crippen LogP contribution is 2.29. The van der Waals surface area contributed by atoms with E-state index < -0.39 is 11.9 Å². The van der Waals surface area contributed by atoms with Gasteiger partial charge in [-0.05, 0) is 44.2 Å². The molecule has 1 amide bonds. The summed E-state index contributed by atoms with van der Waals surface area (Å²) in [6, 6.07) is 14.6. The Bertz CT molecular complexity index is 1130. The van der Waals surface area contributed by atoms with Gasteiger partial charge in [-0.3, -0.25) is 14.7 Å². The van der Waals surface area contributed by atoms with E-state index in [1.165, 1.54) is 0 Å². The van der Waals surface area contributed by atoms with Crippen LogP contribution in [-0.2, 0) is 22.5 Å². The molecule has 2 heterocycles. The van der Waals surface area contributed by atoms with Crippen LogP contribution < -0.4 is 5.32 Å². The second-order valence-corrected chi connectivity index (χ2v) is 8.31. The summed E-state index contributed by atoms with van der Waals surface area (Å²) in [4.78, 5) is 32.5. The van der Waals surface area contributed by atoms with Gasteiger partial charge in [-0.15, -0.1) is 0 Å². The molecule has 2 aromatic carbocycles. The molecule has 0 saturated carbocycles. The van der Waals surface area contributed by atoms with Gasteiger partial charge in [-0.1, -0.05) is 29.8 Å². The molecular weight excluding hydrogens is 414 g/mol. The lowest BCUT2D eigenvalue weighted by atomic mass is 9.95. The van der Waals surface area contributed by atoms with Gasteiger partial charge in [0.1, 0.15) is 0 Å². The van der Waals surface area contributed by atoms with Crippen LogP contribution in [0, 0.1) is 0 Å². The van der Waals surface area contributed by atoms with Crippen molar-refractivity contribution in [3.05, 3.63) is 70.4 Å². The summed E-state index contributed by atoms with van der Waals surface area (Å²) in [5.74, 6) is -0.918. The van der Waals surface area contributed by atoms with Crippen molar-refractivity contribution in [2.75, 3.05) is 18.5 Å². The summed E-state index contributed by atoms with van der Waals surface area (Å²) in [6.45, 7) is 5.43. The zero-order valence-electron chi connectivity index (χ0n) is 17.5. The Morgan fingerprint density at radius 2 is 1.90 bits per heavy atom. The third-order valence-corrected chi connectivity index (χ3v) is 5.72. The van der Waals surface area contributed by atoms with E-state index in [4.69, 9.17) is 21.3 Å². The first-order valence-electron chi connectivity index (χ1n) is 10.3. The van der Waals surface area contributed by atoms with Gasteiger partial charge in [0.2, 0.25) is 0 Å². The molecule has 1 aliphatic rings. The molecule has 0 fully saturated rings. The number of carbonyl (C=O) groups excluding carboxylic acids is 2. The Morgan fingerprint density at radius 1 is 1.16 bits per heavy atom. The number of amides is 1. The molecule has 7 heteroatoms. The third-order valence-electron chi connectivity index (χ3n) is 5.47. The second-order valence-electron chi connectivity index (χ2n) is 7.87. The summed E-state index contributed by atoms with van der Waals surface area (Å²) in [5.41, 5.74) is 3.67. The molecular formula is C24H24ClN3O3. The molecule has 0 bridgehead atoms. The number of hydrogen-bond donors (Lipinski definition) is 1. The summed E-state index contributed by atoms with van der Waals surface area (Å²) >= 11 is 5.86. The molecule has 0 spiro atoms. The number of anilines is 1. The van der Waals surface area contributed by atoms with Crippen molar-refractivity contribution in [1.29, 1.82) is 0 Å². The van der Waals surface area contributed by atoms with E-state index in [2.05, 4.69) is 24.1 Å². The SMILES string of the molecule is CC(C)N1CCc2nc3ccccc3c(C(=O)OCC(=O)Nc3ccc(Cl)cc3)c2C1. The monoisotopic (exact) mass is 437 g/mol. The number of benzene rings is 2. The van der Waals surface area contributed by atoms with E-state index in [0.29, 0.717) is 28.9 Å². The van der Waals surface area contributed by atoms with E-state index in [1.54, 1.807) is 24.3 Å². The maximum absolute atomic E-state index is 13.1. The number of nitrogens with one attached hydrogen (secondary N) is 1. The van der Waals surface area contributed by atoms with Gasteiger partial charge in [0, 0.05) is 52.9 Å². The van der Waals surface area contributed by atoms with Gasteiger partial charge < -0.3 is 10.1 Å². The number of para-hydroxylation sites is 1. The lowest BCUT2D eigenvalue weighted by molar-refractivity contribution is -0.119. The summed E-state index contributed by atoms with van der Waals surface area (Å²) in [6.07, 6.45) is 0.773. The normalized spacial score (nSPS) is 13.8. The number of nitrogens with zero attached hydrogens (tertiary/aromatic N) is 2. The van der Waals surface area contributed by atoms with Gasteiger partial charge in [0.05, 0.1) is 11.1 Å². The fraction of sp³-hybridized carbons (Fsp3) is 0.292. The minimum atomic E-state index is -0.508. The van der Waals surface area contributed by atoms with Crippen LogP contribution in [0.5, 0.6) is 0 Å². The summed E-state index contributed by atoms with van der Waals surface area (Å²) in [7, 11) is 0. The Labute approximate surface area is 186 Å². The van der Waals surface area contributed by atoms with Crippen molar-refractivity contribution in [3.8, 4) is 0 Å². The smallest absolute Gasteiger partial charge is 0.339 e. The molecule has 1 N–H and O–H groups in total. The molecule has 6 nitrogen and oxygen atoms in total. The van der Waals surface area contributed by atoms with Crippen LogP contribution in [0.25, 0.3) is 10.9 Å². The number of esters is 1. The Hall–Kier alpha value is -2.96. The maximum atomic E-state index is 13.1. The molecule has 0 radical (unpaired) electrons. The van der Waals surface area contributed by atoms with E-state index in [0.717, 1.165) is 35.1 Å². The van der Waals surface area contributed by atoms with Crippen LogP contribution >= 0.6 is 11.6 Å². The topological polar surface area (TPSA) is 71.5 Å².